The van der Waals surface area contributed by atoms with E-state index in [2.05, 4.69) is 39.5 Å². The molecule has 7 aliphatic carbocycles. The van der Waals surface area contributed by atoms with Gasteiger partial charge in [0.25, 0.3) is 0 Å². The maximum absolute atomic E-state index is 12.7. The van der Waals surface area contributed by atoms with E-state index in [1.54, 1.807) is 0 Å². The Kier molecular flexibility index (Phi) is 8.63. The molecule has 7 heteroatoms. The molecule has 2 N–H and O–H groups in total. The van der Waals surface area contributed by atoms with E-state index in [0.29, 0.717) is 41.1 Å². The van der Waals surface area contributed by atoms with Crippen molar-refractivity contribution in [3.05, 3.63) is 0 Å². The Morgan fingerprint density at radius 3 is 2.41 bits per heavy atom. The van der Waals surface area contributed by atoms with Crippen molar-refractivity contribution in [1.29, 1.82) is 0 Å². The van der Waals surface area contributed by atoms with Gasteiger partial charge in [0.1, 0.15) is 6.10 Å². The first-order valence-electron chi connectivity index (χ1n) is 21.8. The molecule has 9 rings (SSSR count). The number of hydrogen-bond acceptors (Lipinski definition) is 7. The van der Waals surface area contributed by atoms with Crippen molar-refractivity contribution < 1.29 is 29.2 Å². The summed E-state index contributed by atoms with van der Waals surface area (Å²) >= 11 is 0. The smallest absolute Gasteiger partial charge is 0.170 e. The zero-order valence-corrected chi connectivity index (χ0v) is 33.5. The minimum absolute atomic E-state index is 0.0297. The Hall–Kier alpha value is -0.280. The molecular formula is C44H73NO6. The number of rotatable bonds is 8. The molecule has 0 aromatic heterocycles. The topological polar surface area (TPSA) is 80.6 Å². The maximum Gasteiger partial charge on any atom is 0.170 e. The molecule has 2 aliphatic heterocycles. The third-order valence-electron chi connectivity index (χ3n) is 19.0. The monoisotopic (exact) mass is 712 g/mol. The van der Waals surface area contributed by atoms with Gasteiger partial charge in [-0.2, -0.15) is 0 Å². The van der Waals surface area contributed by atoms with Gasteiger partial charge >= 0.3 is 0 Å². The highest BCUT2D eigenvalue weighted by molar-refractivity contribution is 5.33. The van der Waals surface area contributed by atoms with Crippen molar-refractivity contribution in [1.82, 2.24) is 4.90 Å². The Balaban J connectivity index is 0.911. The van der Waals surface area contributed by atoms with Crippen molar-refractivity contribution in [2.75, 3.05) is 32.8 Å². The quantitative estimate of drug-likeness (QED) is 0.271. The van der Waals surface area contributed by atoms with Gasteiger partial charge in [0.2, 0.25) is 0 Å². The van der Waals surface area contributed by atoms with E-state index < -0.39 is 17.8 Å². The molecule has 7 saturated carbocycles. The number of aliphatic hydroxyl groups excluding tert-OH is 1. The molecule has 3 unspecified atom stereocenters. The normalized spacial score (nSPS) is 54.9. The zero-order chi connectivity index (χ0) is 35.9. The first kappa shape index (κ1) is 36.4. The van der Waals surface area contributed by atoms with E-state index in [4.69, 9.17) is 18.9 Å². The van der Waals surface area contributed by atoms with E-state index in [-0.39, 0.29) is 40.8 Å². The molecule has 7 nitrogen and oxygen atoms in total. The van der Waals surface area contributed by atoms with E-state index >= 15 is 0 Å². The zero-order valence-electron chi connectivity index (χ0n) is 33.5. The summed E-state index contributed by atoms with van der Waals surface area (Å²) in [5.74, 6) is 4.77. The first-order valence-corrected chi connectivity index (χ1v) is 21.8. The van der Waals surface area contributed by atoms with Crippen LogP contribution in [0.4, 0.5) is 0 Å². The van der Waals surface area contributed by atoms with Gasteiger partial charge in [0.05, 0.1) is 36.6 Å². The van der Waals surface area contributed by atoms with E-state index in [1.807, 2.05) is 20.8 Å². The molecule has 0 aromatic rings. The van der Waals surface area contributed by atoms with Crippen LogP contribution < -0.4 is 0 Å². The Morgan fingerprint density at radius 1 is 0.941 bits per heavy atom. The number of nitrogens with zero attached hydrogens (tertiary/aromatic N) is 1. The van der Waals surface area contributed by atoms with Crippen molar-refractivity contribution in [3.8, 4) is 0 Å². The van der Waals surface area contributed by atoms with E-state index in [1.165, 1.54) is 70.8 Å². The standard InChI is InChI=1S/C44H73NO6/c1-9-48-38(40(5,6)47)30-20-26(2)35-36(50-30)37(46)42(8)32-13-12-31-39(3,4)33(14-15-43(31)25-44(32,43)17-16-41(35,42)7)51-34-24-45(18-19-49-34)23-29-22-27-10-11-28(29)21-27/h26-38,46-47H,9-25H2,1-8H3/t26-,27?,28?,29?,30-,31+,32+,33+,34+,35+,36+,37+,38+,41-,42-,43-,44+/m1/s1. The minimum Gasteiger partial charge on any atom is -0.390 e. The van der Waals surface area contributed by atoms with Gasteiger partial charge in [-0.1, -0.05) is 41.0 Å². The number of ether oxygens (including phenoxy) is 4. The van der Waals surface area contributed by atoms with Crippen LogP contribution in [0, 0.1) is 68.5 Å². The maximum atomic E-state index is 12.7. The largest absolute Gasteiger partial charge is 0.390 e. The molecular weight excluding hydrogens is 638 g/mol. The fourth-order valence-electron chi connectivity index (χ4n) is 16.7. The fraction of sp³-hybridized carbons (Fsp3) is 1.00. The van der Waals surface area contributed by atoms with Crippen molar-refractivity contribution in [2.24, 2.45) is 68.5 Å². The number of morpholine rings is 1. The summed E-state index contributed by atoms with van der Waals surface area (Å²) in [7, 11) is 0. The summed E-state index contributed by atoms with van der Waals surface area (Å²) in [5, 5.41) is 23.8. The lowest BCUT2D eigenvalue weighted by Gasteiger charge is -2.64. The molecule has 2 bridgehead atoms. The molecule has 9 aliphatic rings. The van der Waals surface area contributed by atoms with Crippen LogP contribution in [0.2, 0.25) is 0 Å². The average Bonchev–Trinajstić information content (AvgIpc) is 3.26. The molecule has 17 atom stereocenters. The molecule has 9 fully saturated rings. The Labute approximate surface area is 309 Å². The molecule has 2 saturated heterocycles. The molecule has 0 aromatic carbocycles. The van der Waals surface area contributed by atoms with E-state index in [0.717, 1.165) is 50.3 Å². The summed E-state index contributed by atoms with van der Waals surface area (Å²) in [4.78, 5) is 2.68. The van der Waals surface area contributed by atoms with Crippen molar-refractivity contribution in [2.45, 2.75) is 175 Å². The van der Waals surface area contributed by atoms with Crippen LogP contribution in [0.25, 0.3) is 0 Å². The predicted molar refractivity (Wildman–Crippen MR) is 198 cm³/mol. The molecule has 2 spiro atoms. The second kappa shape index (κ2) is 12.1. The lowest BCUT2D eigenvalue weighted by Crippen LogP contribution is -2.60. The SMILES string of the molecule is CCO[C@@H]([C@H]1C[C@@H](C)[C@H]2[C@H](O1)[C@H](O)[C@@]1(C)[C@@H]3CC[C@H]4C(C)(C)[C@@H](O[C@H]5CN(CC6CC7CCC6C7)CCO5)CC[C@@]45C[C@@]35CC[C@]21C)C(C)(C)O. The van der Waals surface area contributed by atoms with Crippen LogP contribution in [0.3, 0.4) is 0 Å². The molecule has 0 amide bonds. The Morgan fingerprint density at radius 2 is 1.71 bits per heavy atom. The third kappa shape index (κ3) is 5.05. The number of hydrogen-bond donors (Lipinski definition) is 2. The molecule has 0 radical (unpaired) electrons. The van der Waals surface area contributed by atoms with Crippen molar-refractivity contribution in [3.63, 3.8) is 0 Å². The van der Waals surface area contributed by atoms with Gasteiger partial charge in [-0.05, 0) is 154 Å². The Bertz CT molecular complexity index is 1330. The molecule has 290 valence electrons. The highest BCUT2D eigenvalue weighted by Crippen LogP contribution is 2.89. The third-order valence-corrected chi connectivity index (χ3v) is 19.0. The van der Waals surface area contributed by atoms with Crippen molar-refractivity contribution >= 4 is 0 Å². The predicted octanol–water partition coefficient (Wildman–Crippen LogP) is 7.46. The number of fused-ring (bicyclic) bond motifs is 6. The first-order chi connectivity index (χ1) is 24.1. The van der Waals surface area contributed by atoms with Gasteiger partial charge in [0, 0.05) is 31.7 Å². The summed E-state index contributed by atoms with van der Waals surface area (Å²) in [6, 6.07) is 0. The van der Waals surface area contributed by atoms with Gasteiger partial charge in [0.15, 0.2) is 6.29 Å². The summed E-state index contributed by atoms with van der Waals surface area (Å²) < 4.78 is 26.6. The highest BCUT2D eigenvalue weighted by Gasteiger charge is 2.84. The highest BCUT2D eigenvalue weighted by atomic mass is 16.7. The summed E-state index contributed by atoms with van der Waals surface area (Å²) in [6.45, 7) is 22.7. The van der Waals surface area contributed by atoms with Crippen LogP contribution in [-0.2, 0) is 18.9 Å². The minimum atomic E-state index is -1.01. The van der Waals surface area contributed by atoms with Crippen LogP contribution in [0.15, 0.2) is 0 Å². The molecule has 51 heavy (non-hydrogen) atoms. The average molecular weight is 712 g/mol. The lowest BCUT2D eigenvalue weighted by molar-refractivity contribution is -0.249. The lowest BCUT2D eigenvalue weighted by atomic mass is 9.41. The van der Waals surface area contributed by atoms with Crippen LogP contribution in [-0.4, -0.2) is 90.4 Å². The summed E-state index contributed by atoms with van der Waals surface area (Å²) in [5.41, 5.74) is -0.375. The second-order valence-corrected chi connectivity index (χ2v) is 21.7. The van der Waals surface area contributed by atoms with Crippen LogP contribution in [0.1, 0.15) is 132 Å². The van der Waals surface area contributed by atoms with Crippen LogP contribution in [0.5, 0.6) is 0 Å². The number of aliphatic hydroxyl groups is 2. The second-order valence-electron chi connectivity index (χ2n) is 21.7. The van der Waals surface area contributed by atoms with Crippen LogP contribution >= 0.6 is 0 Å². The summed E-state index contributed by atoms with van der Waals surface area (Å²) in [6.07, 6.45) is 14.2. The van der Waals surface area contributed by atoms with Gasteiger partial charge in [-0.15, -0.1) is 0 Å². The fourth-order valence-corrected chi connectivity index (χ4v) is 16.7. The molecule has 2 heterocycles. The van der Waals surface area contributed by atoms with Gasteiger partial charge < -0.3 is 29.2 Å². The van der Waals surface area contributed by atoms with Gasteiger partial charge in [-0.25, -0.2) is 0 Å². The van der Waals surface area contributed by atoms with Gasteiger partial charge in [-0.3, -0.25) is 4.90 Å². The van der Waals surface area contributed by atoms with E-state index in [9.17, 15) is 10.2 Å².